The maximum Gasteiger partial charge on any atom is 0.334 e. The Labute approximate surface area is 155 Å². The fraction of sp³-hybridized carbons (Fsp3) is 0.750. The molecule has 1 saturated carbocycles. The number of aromatic amines is 1. The first-order chi connectivity index (χ1) is 12.9. The van der Waals surface area contributed by atoms with Gasteiger partial charge in [0.25, 0.3) is 5.56 Å². The zero-order valence-electron chi connectivity index (χ0n) is 15.4. The summed E-state index contributed by atoms with van der Waals surface area (Å²) >= 11 is 0. The average Bonchev–Trinajstić information content (AvgIpc) is 3.34. The van der Waals surface area contributed by atoms with Gasteiger partial charge in [-0.2, -0.15) is 0 Å². The number of hydrogen-bond acceptors (Lipinski definition) is 8. The second-order valence-corrected chi connectivity index (χ2v) is 8.80. The highest BCUT2D eigenvalue weighted by Crippen LogP contribution is 2.67. The maximum absolute atomic E-state index is 12.9. The Balaban J connectivity index is 1.81. The lowest BCUT2D eigenvalue weighted by Gasteiger charge is -2.20. The van der Waals surface area contributed by atoms with Crippen LogP contribution in [-0.4, -0.2) is 59.0 Å². The monoisotopic (exact) mass is 404 g/mol. The maximum atomic E-state index is 12.9. The van der Waals surface area contributed by atoms with Gasteiger partial charge in [0.2, 0.25) is 0 Å². The van der Waals surface area contributed by atoms with Gasteiger partial charge in [0, 0.05) is 25.3 Å². The highest BCUT2D eigenvalue weighted by molar-refractivity contribution is 7.55. The molecule has 0 radical (unpaired) electrons. The van der Waals surface area contributed by atoms with Crippen LogP contribution >= 0.6 is 7.60 Å². The molecule has 11 heteroatoms. The van der Waals surface area contributed by atoms with Crippen molar-refractivity contribution >= 4 is 7.60 Å². The van der Waals surface area contributed by atoms with E-state index in [0.717, 1.165) is 0 Å². The predicted octanol–water partition coefficient (Wildman–Crippen LogP) is 0.465. The van der Waals surface area contributed by atoms with E-state index in [1.54, 1.807) is 13.8 Å². The summed E-state index contributed by atoms with van der Waals surface area (Å²) in [5.41, 5.74) is -1.57. The average molecular weight is 404 g/mol. The zero-order chi connectivity index (χ0) is 19.8. The van der Waals surface area contributed by atoms with E-state index < -0.39 is 43.4 Å². The Morgan fingerprint density at radius 3 is 2.56 bits per heavy atom. The quantitative estimate of drug-likeness (QED) is 0.598. The lowest BCUT2D eigenvalue weighted by Crippen LogP contribution is -2.38. The second kappa shape index (κ2) is 7.98. The molecule has 1 aliphatic carbocycles. The number of H-pyrrole nitrogens is 1. The number of ether oxygens (including phenoxy) is 2. The van der Waals surface area contributed by atoms with Crippen molar-refractivity contribution in [1.29, 1.82) is 0 Å². The molecule has 2 N–H and O–H groups in total. The number of methoxy groups -OCH3 is 1. The first-order valence-corrected chi connectivity index (χ1v) is 10.5. The van der Waals surface area contributed by atoms with Gasteiger partial charge in [0.05, 0.1) is 25.0 Å². The van der Waals surface area contributed by atoms with Crippen molar-refractivity contribution in [3.8, 4) is 0 Å². The van der Waals surface area contributed by atoms with Gasteiger partial charge in [0.15, 0.2) is 6.23 Å². The van der Waals surface area contributed by atoms with Crippen molar-refractivity contribution in [2.24, 2.45) is 5.92 Å². The fourth-order valence-corrected chi connectivity index (χ4v) is 5.96. The molecule has 2 aliphatic rings. The minimum atomic E-state index is -3.30. The van der Waals surface area contributed by atoms with Gasteiger partial charge in [0.1, 0.15) is 12.2 Å². The van der Waals surface area contributed by atoms with Crippen molar-refractivity contribution in [3.63, 3.8) is 0 Å². The molecule has 2 fully saturated rings. The number of nitrogens with one attached hydrogen (secondary N) is 1. The van der Waals surface area contributed by atoms with Crippen LogP contribution < -0.4 is 11.2 Å². The number of aromatic nitrogens is 2. The predicted molar refractivity (Wildman–Crippen MR) is 94.8 cm³/mol. The molecule has 1 saturated heterocycles. The lowest BCUT2D eigenvalue weighted by atomic mass is 10.1. The van der Waals surface area contributed by atoms with Gasteiger partial charge < -0.3 is 23.6 Å². The van der Waals surface area contributed by atoms with E-state index in [0.29, 0.717) is 6.42 Å². The minimum absolute atomic E-state index is 0.245. The van der Waals surface area contributed by atoms with Crippen molar-refractivity contribution < 1.29 is 28.2 Å². The van der Waals surface area contributed by atoms with E-state index in [1.807, 2.05) is 0 Å². The van der Waals surface area contributed by atoms with Crippen molar-refractivity contribution in [3.05, 3.63) is 33.1 Å². The summed E-state index contributed by atoms with van der Waals surface area (Å²) in [5.74, 6) is -0.245. The molecular weight excluding hydrogens is 379 g/mol. The van der Waals surface area contributed by atoms with Crippen LogP contribution in [0.5, 0.6) is 0 Å². The zero-order valence-corrected chi connectivity index (χ0v) is 16.3. The molecule has 6 atom stereocenters. The normalized spacial score (nSPS) is 33.3. The summed E-state index contributed by atoms with van der Waals surface area (Å²) in [6.45, 7) is 3.99. The van der Waals surface area contributed by atoms with E-state index in [4.69, 9.17) is 18.5 Å². The summed E-state index contributed by atoms with van der Waals surface area (Å²) in [4.78, 5) is 25.5. The SMILES string of the molecule is CCOP(=O)(OCC)C1CC1[C@H]1O[C@@H](n2ccc(=O)[nH]c2=O)[C@@H](OC)[C@H]1O. The molecular formula is C16H25N2O8P. The smallest absolute Gasteiger partial charge is 0.334 e. The van der Waals surface area contributed by atoms with Gasteiger partial charge in [-0.05, 0) is 20.3 Å². The topological polar surface area (TPSA) is 129 Å². The molecule has 2 unspecified atom stereocenters. The molecule has 1 aliphatic heterocycles. The third-order valence-electron chi connectivity index (χ3n) is 4.90. The molecule has 1 aromatic heterocycles. The molecule has 152 valence electrons. The summed E-state index contributed by atoms with van der Waals surface area (Å²) in [6.07, 6.45) is -1.66. The summed E-state index contributed by atoms with van der Waals surface area (Å²) in [7, 11) is -1.90. The van der Waals surface area contributed by atoms with Gasteiger partial charge in [-0.1, -0.05) is 0 Å². The minimum Gasteiger partial charge on any atom is -0.387 e. The number of aliphatic hydroxyl groups is 1. The molecule has 0 amide bonds. The highest BCUT2D eigenvalue weighted by Gasteiger charge is 2.61. The Morgan fingerprint density at radius 1 is 1.33 bits per heavy atom. The van der Waals surface area contributed by atoms with Gasteiger partial charge in [-0.3, -0.25) is 18.9 Å². The molecule has 2 heterocycles. The van der Waals surface area contributed by atoms with Crippen LogP contribution in [0.15, 0.2) is 21.9 Å². The van der Waals surface area contributed by atoms with Crippen molar-refractivity contribution in [1.82, 2.24) is 9.55 Å². The van der Waals surface area contributed by atoms with Crippen LogP contribution in [0.4, 0.5) is 0 Å². The molecule has 10 nitrogen and oxygen atoms in total. The summed E-state index contributed by atoms with van der Waals surface area (Å²) in [6, 6.07) is 1.19. The van der Waals surface area contributed by atoms with Gasteiger partial charge in [-0.25, -0.2) is 4.79 Å². The largest absolute Gasteiger partial charge is 0.387 e. The van der Waals surface area contributed by atoms with E-state index >= 15 is 0 Å². The van der Waals surface area contributed by atoms with E-state index in [2.05, 4.69) is 4.98 Å². The van der Waals surface area contributed by atoms with Crippen molar-refractivity contribution in [2.75, 3.05) is 20.3 Å². The van der Waals surface area contributed by atoms with Crippen LogP contribution in [0.1, 0.15) is 26.5 Å². The molecule has 3 rings (SSSR count). The number of nitrogens with zero attached hydrogens (tertiary/aromatic N) is 1. The Bertz CT molecular complexity index is 813. The highest BCUT2D eigenvalue weighted by atomic mass is 31.2. The van der Waals surface area contributed by atoms with Crippen LogP contribution in [-0.2, 0) is 23.1 Å². The third-order valence-corrected chi connectivity index (χ3v) is 7.54. The molecule has 0 bridgehead atoms. The van der Waals surface area contributed by atoms with Crippen LogP contribution in [0, 0.1) is 5.92 Å². The summed E-state index contributed by atoms with van der Waals surface area (Å²) < 4.78 is 36.1. The second-order valence-electron chi connectivity index (χ2n) is 6.54. The third kappa shape index (κ3) is 3.83. The Hall–Kier alpha value is -1.29. The van der Waals surface area contributed by atoms with Crippen LogP contribution in [0.25, 0.3) is 0 Å². The summed E-state index contributed by atoms with van der Waals surface area (Å²) in [5, 5.41) is 10.7. The molecule has 27 heavy (non-hydrogen) atoms. The van der Waals surface area contributed by atoms with Crippen molar-refractivity contribution in [2.45, 2.75) is 50.5 Å². The van der Waals surface area contributed by atoms with Gasteiger partial charge in [-0.15, -0.1) is 0 Å². The lowest BCUT2D eigenvalue weighted by molar-refractivity contribution is -0.0572. The first-order valence-electron chi connectivity index (χ1n) is 8.92. The van der Waals surface area contributed by atoms with E-state index in [1.165, 1.54) is 23.9 Å². The first kappa shape index (κ1) is 20.4. The molecule has 1 aromatic rings. The number of hydrogen-bond donors (Lipinski definition) is 2. The Morgan fingerprint density at radius 2 is 2.00 bits per heavy atom. The number of aliphatic hydroxyl groups excluding tert-OH is 1. The standard InChI is InChI=1S/C16H25N2O8P/c1-4-24-27(22,25-5-2)10-8-9(10)13-12(20)14(23-3)15(26-13)18-7-6-11(19)17-16(18)21/h6-7,9-10,12-15,20H,4-5,8H2,1-3H3,(H,17,19,21)/t9?,10?,12-,13+,14-,15+/m0/s1. The van der Waals surface area contributed by atoms with Crippen LogP contribution in [0.3, 0.4) is 0 Å². The van der Waals surface area contributed by atoms with Crippen LogP contribution in [0.2, 0.25) is 0 Å². The van der Waals surface area contributed by atoms with E-state index in [9.17, 15) is 19.3 Å². The fourth-order valence-electron chi connectivity index (χ4n) is 3.64. The Kier molecular flexibility index (Phi) is 6.05. The molecule has 0 aromatic carbocycles. The number of rotatable bonds is 8. The molecule has 0 spiro atoms. The van der Waals surface area contributed by atoms with E-state index in [-0.39, 0.29) is 24.8 Å². The van der Waals surface area contributed by atoms with Gasteiger partial charge >= 0.3 is 13.3 Å².